The molecule has 5 nitrogen and oxygen atoms in total. The predicted octanol–water partition coefficient (Wildman–Crippen LogP) is 5.33. The Balaban J connectivity index is 1.84. The molecule has 5 heteroatoms. The molecular weight excluding hydrogens is 400 g/mol. The van der Waals surface area contributed by atoms with Crippen LogP contribution in [0.2, 0.25) is 0 Å². The second-order valence-electron chi connectivity index (χ2n) is 8.21. The number of methoxy groups -OCH3 is 1. The van der Waals surface area contributed by atoms with Crippen LogP contribution in [-0.4, -0.2) is 18.9 Å². The Morgan fingerprint density at radius 2 is 1.41 bits per heavy atom. The van der Waals surface area contributed by atoms with Crippen LogP contribution in [-0.2, 0) is 9.59 Å². The van der Waals surface area contributed by atoms with Crippen LogP contribution in [0.3, 0.4) is 0 Å². The van der Waals surface area contributed by atoms with E-state index >= 15 is 0 Å². The summed E-state index contributed by atoms with van der Waals surface area (Å²) in [7, 11) is 1.59. The maximum Gasteiger partial charge on any atom is 0.282 e. The monoisotopic (exact) mass is 426 g/mol. The van der Waals surface area contributed by atoms with E-state index in [-0.39, 0.29) is 17.5 Å². The molecule has 0 saturated carbocycles. The number of anilines is 2. The third kappa shape index (κ3) is 3.89. The van der Waals surface area contributed by atoms with Gasteiger partial charge in [-0.25, -0.2) is 4.90 Å². The van der Waals surface area contributed by atoms with Crippen LogP contribution in [0.1, 0.15) is 27.8 Å². The van der Waals surface area contributed by atoms with Gasteiger partial charge in [-0.2, -0.15) is 0 Å². The van der Waals surface area contributed by atoms with Crippen LogP contribution < -0.4 is 15.0 Å². The standard InChI is InChI=1S/C27H26N2O3/c1-16-6-11-23(19(4)13-16)28-25-24(20-7-9-22(32-5)10-8-20)26(30)29(27(25)31)21-14-17(2)12-18(3)15-21/h6-15,28H,1-5H3. The van der Waals surface area contributed by atoms with E-state index in [4.69, 9.17) is 4.74 Å². The first-order valence-corrected chi connectivity index (χ1v) is 10.5. The summed E-state index contributed by atoms with van der Waals surface area (Å²) >= 11 is 0. The quantitative estimate of drug-likeness (QED) is 0.561. The summed E-state index contributed by atoms with van der Waals surface area (Å²) in [6.07, 6.45) is 0. The average Bonchev–Trinajstić information content (AvgIpc) is 2.99. The lowest BCUT2D eigenvalue weighted by Gasteiger charge is -2.17. The van der Waals surface area contributed by atoms with Gasteiger partial charge in [-0.3, -0.25) is 9.59 Å². The van der Waals surface area contributed by atoms with Gasteiger partial charge in [0, 0.05) is 5.69 Å². The third-order valence-corrected chi connectivity index (χ3v) is 5.57. The summed E-state index contributed by atoms with van der Waals surface area (Å²) in [6, 6.07) is 18.8. The molecule has 1 aliphatic rings. The first-order valence-electron chi connectivity index (χ1n) is 10.5. The van der Waals surface area contributed by atoms with Crippen molar-refractivity contribution in [2.24, 2.45) is 0 Å². The fourth-order valence-electron chi connectivity index (χ4n) is 4.07. The maximum atomic E-state index is 13.6. The van der Waals surface area contributed by atoms with Crippen molar-refractivity contribution in [1.29, 1.82) is 0 Å². The number of ether oxygens (including phenoxy) is 1. The van der Waals surface area contributed by atoms with Crippen LogP contribution in [0.25, 0.3) is 5.57 Å². The third-order valence-electron chi connectivity index (χ3n) is 5.57. The molecule has 0 radical (unpaired) electrons. The van der Waals surface area contributed by atoms with Crippen molar-refractivity contribution in [2.75, 3.05) is 17.3 Å². The molecule has 1 heterocycles. The Morgan fingerprint density at radius 3 is 2.00 bits per heavy atom. The van der Waals surface area contributed by atoms with Gasteiger partial charge in [0.15, 0.2) is 0 Å². The minimum Gasteiger partial charge on any atom is -0.497 e. The molecule has 0 fully saturated rings. The Kier molecular flexibility index (Phi) is 5.57. The summed E-state index contributed by atoms with van der Waals surface area (Å²) in [6.45, 7) is 7.90. The minimum atomic E-state index is -0.370. The largest absolute Gasteiger partial charge is 0.497 e. The lowest BCUT2D eigenvalue weighted by Crippen LogP contribution is -2.32. The van der Waals surface area contributed by atoms with E-state index in [0.717, 1.165) is 27.9 Å². The van der Waals surface area contributed by atoms with Crippen molar-refractivity contribution in [1.82, 2.24) is 0 Å². The Morgan fingerprint density at radius 1 is 0.750 bits per heavy atom. The van der Waals surface area contributed by atoms with Gasteiger partial charge in [0.05, 0.1) is 18.4 Å². The smallest absolute Gasteiger partial charge is 0.282 e. The first kappa shape index (κ1) is 21.4. The molecule has 2 amide bonds. The lowest BCUT2D eigenvalue weighted by atomic mass is 10.0. The molecule has 0 atom stereocenters. The van der Waals surface area contributed by atoms with E-state index in [0.29, 0.717) is 22.6 Å². The molecule has 3 aromatic carbocycles. The van der Waals surface area contributed by atoms with Crippen molar-refractivity contribution >= 4 is 28.8 Å². The van der Waals surface area contributed by atoms with Crippen LogP contribution in [0.15, 0.2) is 66.4 Å². The molecule has 4 rings (SSSR count). The molecule has 0 aromatic heterocycles. The second-order valence-corrected chi connectivity index (χ2v) is 8.21. The van der Waals surface area contributed by atoms with Gasteiger partial charge >= 0.3 is 0 Å². The van der Waals surface area contributed by atoms with Gasteiger partial charge in [-0.05, 0) is 80.3 Å². The highest BCUT2D eigenvalue weighted by atomic mass is 16.5. The van der Waals surface area contributed by atoms with E-state index in [1.807, 2.05) is 64.1 Å². The van der Waals surface area contributed by atoms with Gasteiger partial charge in [0.1, 0.15) is 11.4 Å². The topological polar surface area (TPSA) is 58.6 Å². The summed E-state index contributed by atoms with van der Waals surface area (Å²) in [4.78, 5) is 28.5. The Hall–Kier alpha value is -3.86. The molecule has 1 N–H and O–H groups in total. The molecule has 0 saturated heterocycles. The first-order chi connectivity index (χ1) is 15.3. The Bertz CT molecular complexity index is 1240. The molecule has 3 aromatic rings. The van der Waals surface area contributed by atoms with Gasteiger partial charge in [0.25, 0.3) is 11.8 Å². The number of hydrogen-bond donors (Lipinski definition) is 1. The fraction of sp³-hybridized carbons (Fsp3) is 0.185. The van der Waals surface area contributed by atoms with Crippen molar-refractivity contribution < 1.29 is 14.3 Å². The van der Waals surface area contributed by atoms with Gasteiger partial charge in [-0.1, -0.05) is 35.9 Å². The molecular formula is C27H26N2O3. The fourth-order valence-corrected chi connectivity index (χ4v) is 4.07. The zero-order valence-electron chi connectivity index (χ0n) is 18.9. The molecule has 162 valence electrons. The van der Waals surface area contributed by atoms with E-state index in [9.17, 15) is 9.59 Å². The minimum absolute atomic E-state index is 0.270. The normalized spacial score (nSPS) is 13.7. The number of carbonyl (C=O) groups is 2. The number of nitrogens with one attached hydrogen (secondary N) is 1. The molecule has 32 heavy (non-hydrogen) atoms. The number of hydrogen-bond acceptors (Lipinski definition) is 4. The summed E-state index contributed by atoms with van der Waals surface area (Å²) in [5, 5.41) is 3.26. The number of benzene rings is 3. The number of rotatable bonds is 5. The second kappa shape index (κ2) is 8.35. The van der Waals surface area contributed by atoms with E-state index in [1.54, 1.807) is 31.4 Å². The highest BCUT2D eigenvalue weighted by molar-refractivity contribution is 6.46. The van der Waals surface area contributed by atoms with Crippen molar-refractivity contribution in [3.8, 4) is 5.75 Å². The number of nitrogens with zero attached hydrogens (tertiary/aromatic N) is 1. The lowest BCUT2D eigenvalue weighted by molar-refractivity contribution is -0.120. The summed E-state index contributed by atoms with van der Waals surface area (Å²) < 4.78 is 5.25. The molecule has 0 spiro atoms. The number of carbonyl (C=O) groups excluding carboxylic acids is 2. The van der Waals surface area contributed by atoms with Crippen LogP contribution in [0.4, 0.5) is 11.4 Å². The highest BCUT2D eigenvalue weighted by Gasteiger charge is 2.40. The van der Waals surface area contributed by atoms with E-state index in [1.165, 1.54) is 4.90 Å². The van der Waals surface area contributed by atoms with Crippen LogP contribution >= 0.6 is 0 Å². The SMILES string of the molecule is COc1ccc(C2=C(Nc3ccc(C)cc3C)C(=O)N(c3cc(C)cc(C)c3)C2=O)cc1. The predicted molar refractivity (Wildman–Crippen MR) is 128 cm³/mol. The molecule has 0 aliphatic carbocycles. The van der Waals surface area contributed by atoms with Gasteiger partial charge in [0.2, 0.25) is 0 Å². The average molecular weight is 427 g/mol. The van der Waals surface area contributed by atoms with E-state index in [2.05, 4.69) is 5.32 Å². The zero-order valence-corrected chi connectivity index (χ0v) is 18.9. The van der Waals surface area contributed by atoms with Crippen LogP contribution in [0, 0.1) is 27.7 Å². The van der Waals surface area contributed by atoms with Crippen molar-refractivity contribution in [3.05, 3.63) is 94.2 Å². The van der Waals surface area contributed by atoms with Gasteiger partial charge in [-0.15, -0.1) is 0 Å². The maximum absolute atomic E-state index is 13.6. The molecule has 0 bridgehead atoms. The van der Waals surface area contributed by atoms with E-state index < -0.39 is 0 Å². The molecule has 0 unspecified atom stereocenters. The van der Waals surface area contributed by atoms with Crippen molar-refractivity contribution in [3.63, 3.8) is 0 Å². The summed E-state index contributed by atoms with van der Waals surface area (Å²) in [5.41, 5.74) is 6.73. The van der Waals surface area contributed by atoms with Crippen LogP contribution in [0.5, 0.6) is 5.75 Å². The number of imide groups is 1. The summed E-state index contributed by atoms with van der Waals surface area (Å²) in [5.74, 6) is -0.0376. The zero-order chi connectivity index (χ0) is 23.0. The molecule has 1 aliphatic heterocycles. The number of aryl methyl sites for hydroxylation is 4. The number of amides is 2. The Labute approximate surface area is 188 Å². The van der Waals surface area contributed by atoms with Gasteiger partial charge < -0.3 is 10.1 Å². The highest BCUT2D eigenvalue weighted by Crippen LogP contribution is 2.35. The van der Waals surface area contributed by atoms with Crippen molar-refractivity contribution in [2.45, 2.75) is 27.7 Å².